The highest BCUT2D eigenvalue weighted by atomic mass is 35.5. The number of fused-ring (bicyclic) bond motifs is 1. The molecule has 3 aromatic rings. The fraction of sp³-hybridized carbons (Fsp3) is 0.188. The zero-order valence-electron chi connectivity index (χ0n) is 13.7. The van der Waals surface area contributed by atoms with Gasteiger partial charge in [0.05, 0.1) is 0 Å². The number of anilines is 1. The van der Waals surface area contributed by atoms with E-state index in [0.717, 1.165) is 5.56 Å². The molecule has 0 radical (unpaired) electrons. The molecule has 136 valence electrons. The van der Waals surface area contributed by atoms with E-state index in [0.29, 0.717) is 16.2 Å². The summed E-state index contributed by atoms with van der Waals surface area (Å²) < 4.78 is 31.8. The van der Waals surface area contributed by atoms with Crippen molar-refractivity contribution in [1.29, 1.82) is 0 Å². The summed E-state index contributed by atoms with van der Waals surface area (Å²) >= 11 is 5.91. The minimum atomic E-state index is -3.85. The van der Waals surface area contributed by atoms with Gasteiger partial charge in [-0.3, -0.25) is 4.79 Å². The van der Waals surface area contributed by atoms with Gasteiger partial charge < -0.3 is 5.32 Å². The fourth-order valence-electron chi connectivity index (χ4n) is 2.32. The molecular formula is C16H15ClN4O4S. The summed E-state index contributed by atoms with van der Waals surface area (Å²) in [5.74, 6) is -0.334. The Hall–Kier alpha value is -2.49. The lowest BCUT2D eigenvalue weighted by atomic mass is 10.2. The predicted molar refractivity (Wildman–Crippen MR) is 96.4 cm³/mol. The molecule has 0 unspecified atom stereocenters. The first-order valence-electron chi connectivity index (χ1n) is 7.64. The number of sulfonamides is 1. The van der Waals surface area contributed by atoms with Crippen LogP contribution >= 0.6 is 11.6 Å². The summed E-state index contributed by atoms with van der Waals surface area (Å²) in [6.45, 7) is 1.76. The minimum Gasteiger partial charge on any atom is -0.326 e. The van der Waals surface area contributed by atoms with Crippen molar-refractivity contribution in [2.24, 2.45) is 0 Å². The molecule has 1 heterocycles. The van der Waals surface area contributed by atoms with Crippen molar-refractivity contribution < 1.29 is 17.8 Å². The first kappa shape index (κ1) is 18.3. The van der Waals surface area contributed by atoms with Gasteiger partial charge in [0.1, 0.15) is 10.4 Å². The van der Waals surface area contributed by atoms with Gasteiger partial charge in [0.15, 0.2) is 5.52 Å². The van der Waals surface area contributed by atoms with Crippen molar-refractivity contribution in [2.45, 2.75) is 18.2 Å². The van der Waals surface area contributed by atoms with Crippen molar-refractivity contribution in [3.63, 3.8) is 0 Å². The smallest absolute Gasteiger partial charge is 0.242 e. The van der Waals surface area contributed by atoms with Crippen LogP contribution in [-0.4, -0.2) is 31.2 Å². The number of carbonyl (C=O) groups excluding carboxylic acids is 1. The molecule has 0 saturated carbocycles. The summed E-state index contributed by atoms with van der Waals surface area (Å²) in [5, 5.41) is 10.4. The van der Waals surface area contributed by atoms with Gasteiger partial charge in [0, 0.05) is 23.7 Å². The number of amides is 1. The van der Waals surface area contributed by atoms with E-state index < -0.39 is 10.0 Å². The lowest BCUT2D eigenvalue weighted by Crippen LogP contribution is -2.28. The van der Waals surface area contributed by atoms with Crippen molar-refractivity contribution >= 4 is 44.3 Å². The van der Waals surface area contributed by atoms with E-state index in [2.05, 4.69) is 25.0 Å². The van der Waals surface area contributed by atoms with Crippen LogP contribution < -0.4 is 10.0 Å². The fourth-order valence-corrected chi connectivity index (χ4v) is 3.67. The number of hydrogen-bond donors (Lipinski definition) is 2. The Bertz CT molecular complexity index is 1070. The molecule has 0 spiro atoms. The number of nitrogens with zero attached hydrogens (tertiary/aromatic N) is 2. The average molecular weight is 395 g/mol. The number of rotatable bonds is 6. The standard InChI is InChI=1S/C16H15ClN4O4S/c1-10-5-6-11(17)9-13(10)19-15(22)7-8-18-26(23,24)14-4-2-3-12-16(14)21-25-20-12/h2-6,9,18H,7-8H2,1H3,(H,19,22). The second-order valence-electron chi connectivity index (χ2n) is 5.54. The largest absolute Gasteiger partial charge is 0.326 e. The molecule has 2 aromatic carbocycles. The van der Waals surface area contributed by atoms with E-state index in [-0.39, 0.29) is 29.3 Å². The van der Waals surface area contributed by atoms with Gasteiger partial charge >= 0.3 is 0 Å². The Morgan fingerprint density at radius 1 is 1.23 bits per heavy atom. The molecule has 1 aromatic heterocycles. The topological polar surface area (TPSA) is 114 Å². The van der Waals surface area contributed by atoms with E-state index in [1.165, 1.54) is 12.1 Å². The first-order chi connectivity index (χ1) is 12.4. The number of aryl methyl sites for hydroxylation is 1. The minimum absolute atomic E-state index is 0.0434. The van der Waals surface area contributed by atoms with Crippen LogP contribution in [-0.2, 0) is 14.8 Å². The number of aromatic nitrogens is 2. The van der Waals surface area contributed by atoms with Crippen LogP contribution in [0.25, 0.3) is 11.0 Å². The van der Waals surface area contributed by atoms with Crippen LogP contribution in [0.15, 0.2) is 45.9 Å². The first-order valence-corrected chi connectivity index (χ1v) is 9.50. The highest BCUT2D eigenvalue weighted by Gasteiger charge is 2.20. The molecule has 0 atom stereocenters. The van der Waals surface area contributed by atoms with E-state index >= 15 is 0 Å². The number of halogens is 1. The molecule has 1 amide bonds. The van der Waals surface area contributed by atoms with Crippen LogP contribution in [0.4, 0.5) is 5.69 Å². The molecular weight excluding hydrogens is 380 g/mol. The molecule has 0 fully saturated rings. The second-order valence-corrected chi connectivity index (χ2v) is 7.72. The Morgan fingerprint density at radius 3 is 2.85 bits per heavy atom. The molecule has 0 aliphatic heterocycles. The molecule has 2 N–H and O–H groups in total. The Labute approximate surface area is 154 Å². The van der Waals surface area contributed by atoms with E-state index in [9.17, 15) is 13.2 Å². The van der Waals surface area contributed by atoms with Crippen molar-refractivity contribution in [3.05, 3.63) is 47.0 Å². The van der Waals surface area contributed by atoms with Gasteiger partial charge in [-0.2, -0.15) is 0 Å². The van der Waals surface area contributed by atoms with E-state index in [1.54, 1.807) is 24.3 Å². The maximum Gasteiger partial charge on any atom is 0.242 e. The van der Waals surface area contributed by atoms with Gasteiger partial charge in [-0.05, 0) is 47.1 Å². The monoisotopic (exact) mass is 394 g/mol. The number of hydrogen-bond acceptors (Lipinski definition) is 6. The maximum atomic E-state index is 12.4. The third kappa shape index (κ3) is 4.01. The second kappa shape index (κ2) is 7.40. The van der Waals surface area contributed by atoms with Gasteiger partial charge in [-0.25, -0.2) is 17.8 Å². The zero-order chi connectivity index (χ0) is 18.7. The van der Waals surface area contributed by atoms with Gasteiger partial charge in [-0.1, -0.05) is 23.7 Å². The molecule has 26 heavy (non-hydrogen) atoms. The summed E-state index contributed by atoms with van der Waals surface area (Å²) in [5.41, 5.74) is 1.92. The van der Waals surface area contributed by atoms with Gasteiger partial charge in [-0.15, -0.1) is 0 Å². The van der Waals surface area contributed by atoms with Gasteiger partial charge in [0.25, 0.3) is 0 Å². The van der Waals surface area contributed by atoms with E-state index in [1.807, 2.05) is 6.92 Å². The summed E-state index contributed by atoms with van der Waals surface area (Å²) in [6, 6.07) is 9.66. The summed E-state index contributed by atoms with van der Waals surface area (Å²) in [4.78, 5) is 12.0. The zero-order valence-corrected chi connectivity index (χ0v) is 15.3. The summed E-state index contributed by atoms with van der Waals surface area (Å²) in [6.07, 6.45) is -0.0434. The molecule has 10 heteroatoms. The Morgan fingerprint density at radius 2 is 2.04 bits per heavy atom. The third-order valence-corrected chi connectivity index (χ3v) is 5.38. The number of benzene rings is 2. The Kier molecular flexibility index (Phi) is 5.21. The molecule has 3 rings (SSSR count). The van der Waals surface area contributed by atoms with Crippen LogP contribution in [0.3, 0.4) is 0 Å². The van der Waals surface area contributed by atoms with E-state index in [4.69, 9.17) is 11.6 Å². The van der Waals surface area contributed by atoms with Crippen LogP contribution in [0.2, 0.25) is 5.02 Å². The SMILES string of the molecule is Cc1ccc(Cl)cc1NC(=O)CCNS(=O)(=O)c1cccc2nonc12. The van der Waals surface area contributed by atoms with Crippen molar-refractivity contribution in [3.8, 4) is 0 Å². The van der Waals surface area contributed by atoms with Gasteiger partial charge in [0.2, 0.25) is 15.9 Å². The highest BCUT2D eigenvalue weighted by molar-refractivity contribution is 7.89. The number of carbonyl (C=O) groups is 1. The predicted octanol–water partition coefficient (Wildman–Crippen LogP) is 2.49. The maximum absolute atomic E-state index is 12.4. The normalized spacial score (nSPS) is 11.6. The van der Waals surface area contributed by atoms with Crippen LogP contribution in [0.5, 0.6) is 0 Å². The molecule has 8 nitrogen and oxygen atoms in total. The van der Waals surface area contributed by atoms with Crippen molar-refractivity contribution in [2.75, 3.05) is 11.9 Å². The molecule has 0 aliphatic carbocycles. The van der Waals surface area contributed by atoms with Crippen LogP contribution in [0.1, 0.15) is 12.0 Å². The quantitative estimate of drug-likeness (QED) is 0.663. The van der Waals surface area contributed by atoms with Crippen LogP contribution in [0, 0.1) is 6.92 Å². The van der Waals surface area contributed by atoms with Crippen molar-refractivity contribution in [1.82, 2.24) is 15.0 Å². The third-order valence-electron chi connectivity index (χ3n) is 3.66. The lowest BCUT2D eigenvalue weighted by Gasteiger charge is -2.10. The Balaban J connectivity index is 1.63. The molecule has 0 bridgehead atoms. The number of nitrogens with one attached hydrogen (secondary N) is 2. The average Bonchev–Trinajstić information content (AvgIpc) is 3.06. The molecule has 0 aliphatic rings. The lowest BCUT2D eigenvalue weighted by molar-refractivity contribution is -0.116. The highest BCUT2D eigenvalue weighted by Crippen LogP contribution is 2.21. The molecule has 0 saturated heterocycles. The summed E-state index contributed by atoms with van der Waals surface area (Å²) in [7, 11) is -3.85.